The van der Waals surface area contributed by atoms with Crippen molar-refractivity contribution in [3.05, 3.63) is 35.0 Å². The van der Waals surface area contributed by atoms with Gasteiger partial charge in [0.1, 0.15) is 17.1 Å². The Bertz CT molecular complexity index is 805. The average Bonchev–Trinajstić information content (AvgIpc) is 3.03. The molecule has 1 saturated heterocycles. The first kappa shape index (κ1) is 17.5. The number of carbonyl (C=O) groups excluding carboxylic acids is 2. The number of carboxylic acids is 1. The number of hydrogen-bond acceptors (Lipinski definition) is 8. The number of nitrogen functional groups attached to an aromatic ring is 1. The fourth-order valence-corrected chi connectivity index (χ4v) is 4.51. The lowest BCUT2D eigenvalue weighted by Crippen LogP contribution is -2.70. The van der Waals surface area contributed by atoms with E-state index in [1.54, 1.807) is 0 Å². The average molecular weight is 382 g/mol. The van der Waals surface area contributed by atoms with E-state index < -0.39 is 35.3 Å². The van der Waals surface area contributed by atoms with Crippen LogP contribution >= 0.6 is 23.1 Å². The standard InChI is InChI=1S/C14H14N4O5S2/c1-2-5-3-24-12-7(11(21)18(12)8(5)13(22)23)17-10(20)9(19)6-4-25-14(15)16-6/h2,4,7,9,12,19H,1,3H2,(H2,15,16)(H,17,20)(H,22,23)/t7?,9?,12-/m1/s1. The maximum absolute atomic E-state index is 12.3. The van der Waals surface area contributed by atoms with Gasteiger partial charge in [-0.1, -0.05) is 12.7 Å². The van der Waals surface area contributed by atoms with Gasteiger partial charge in [0, 0.05) is 11.1 Å². The molecule has 132 valence electrons. The summed E-state index contributed by atoms with van der Waals surface area (Å²) in [6.07, 6.45) is -0.148. The quantitative estimate of drug-likeness (QED) is 0.507. The summed E-state index contributed by atoms with van der Waals surface area (Å²) in [5.41, 5.74) is 5.89. The predicted octanol–water partition coefficient (Wildman–Crippen LogP) is -0.317. The normalized spacial score (nSPS) is 23.6. The second-order valence-corrected chi connectivity index (χ2v) is 7.29. The van der Waals surface area contributed by atoms with Gasteiger partial charge in [-0.15, -0.1) is 23.1 Å². The maximum atomic E-state index is 12.3. The number of aliphatic carboxylic acids is 1. The number of β-lactam (4-membered cyclic amide) rings is 1. The first-order chi connectivity index (χ1) is 11.8. The Hall–Kier alpha value is -2.37. The van der Waals surface area contributed by atoms with E-state index in [1.165, 1.54) is 23.2 Å². The number of nitrogens with one attached hydrogen (secondary N) is 1. The van der Waals surface area contributed by atoms with Crippen LogP contribution in [-0.2, 0) is 14.4 Å². The number of nitrogens with two attached hydrogens (primary N) is 1. The van der Waals surface area contributed by atoms with Gasteiger partial charge in [-0.05, 0) is 5.57 Å². The van der Waals surface area contributed by atoms with Crippen LogP contribution in [0, 0.1) is 0 Å². The minimum atomic E-state index is -1.55. The monoisotopic (exact) mass is 382 g/mol. The lowest BCUT2D eigenvalue weighted by Gasteiger charge is -2.49. The number of hydrogen-bond donors (Lipinski definition) is 4. The fourth-order valence-electron chi connectivity index (χ4n) is 2.59. The number of allylic oxidation sites excluding steroid dienone is 1. The highest BCUT2D eigenvalue weighted by molar-refractivity contribution is 8.00. The number of aliphatic hydroxyl groups is 1. The van der Waals surface area contributed by atoms with Gasteiger partial charge in [-0.3, -0.25) is 14.5 Å². The summed E-state index contributed by atoms with van der Waals surface area (Å²) >= 11 is 2.40. The van der Waals surface area contributed by atoms with Crippen LogP contribution in [0.25, 0.3) is 0 Å². The molecule has 3 heterocycles. The summed E-state index contributed by atoms with van der Waals surface area (Å²) in [5, 5.41) is 22.9. The van der Waals surface area contributed by atoms with Crippen molar-refractivity contribution in [3.63, 3.8) is 0 Å². The zero-order valence-corrected chi connectivity index (χ0v) is 14.3. The summed E-state index contributed by atoms with van der Waals surface area (Å²) in [7, 11) is 0. The molecule has 0 bridgehead atoms. The van der Waals surface area contributed by atoms with Gasteiger partial charge in [0.05, 0.1) is 5.69 Å². The molecule has 0 aliphatic carbocycles. The van der Waals surface area contributed by atoms with Crippen LogP contribution in [0.1, 0.15) is 11.8 Å². The number of fused-ring (bicyclic) bond motifs is 1. The molecule has 1 fully saturated rings. The molecule has 11 heteroatoms. The molecule has 2 amide bonds. The molecule has 0 spiro atoms. The molecule has 1 aromatic rings. The van der Waals surface area contributed by atoms with E-state index in [0.717, 1.165) is 16.2 Å². The number of nitrogens with zero attached hydrogens (tertiary/aromatic N) is 2. The van der Waals surface area contributed by atoms with E-state index in [2.05, 4.69) is 16.9 Å². The van der Waals surface area contributed by atoms with Gasteiger partial charge in [0.15, 0.2) is 11.2 Å². The Morgan fingerprint density at radius 2 is 2.28 bits per heavy atom. The number of aliphatic hydroxyl groups excluding tert-OH is 1. The molecule has 2 aliphatic heterocycles. The van der Waals surface area contributed by atoms with Crippen LogP contribution in [0.4, 0.5) is 5.13 Å². The molecule has 9 nitrogen and oxygen atoms in total. The predicted molar refractivity (Wildman–Crippen MR) is 91.4 cm³/mol. The highest BCUT2D eigenvalue weighted by Gasteiger charge is 2.54. The number of amides is 2. The molecule has 0 aromatic carbocycles. The molecule has 5 N–H and O–H groups in total. The number of carbonyl (C=O) groups is 3. The van der Waals surface area contributed by atoms with Crippen molar-refractivity contribution in [2.45, 2.75) is 17.5 Å². The SMILES string of the molecule is C=CC1=C(C(=O)O)N2C(=O)C(NC(=O)C(O)c3csc(N)n3)[C@H]2SC1. The Morgan fingerprint density at radius 1 is 1.56 bits per heavy atom. The van der Waals surface area contributed by atoms with E-state index in [9.17, 15) is 24.6 Å². The molecule has 3 atom stereocenters. The molecule has 25 heavy (non-hydrogen) atoms. The number of carboxylic acid groups (broad SMARTS) is 1. The molecule has 3 rings (SSSR count). The molecule has 2 aliphatic rings. The number of rotatable bonds is 5. The second-order valence-electron chi connectivity index (χ2n) is 5.29. The minimum absolute atomic E-state index is 0.0972. The second kappa shape index (κ2) is 6.50. The number of aromatic nitrogens is 1. The van der Waals surface area contributed by atoms with Gasteiger partial charge in [-0.25, -0.2) is 9.78 Å². The van der Waals surface area contributed by atoms with Gasteiger partial charge in [0.25, 0.3) is 11.8 Å². The molecular weight excluding hydrogens is 368 g/mol. The Morgan fingerprint density at radius 3 is 2.84 bits per heavy atom. The van der Waals surface area contributed by atoms with Crippen molar-refractivity contribution < 1.29 is 24.6 Å². The highest BCUT2D eigenvalue weighted by Crippen LogP contribution is 2.40. The molecule has 0 radical (unpaired) electrons. The highest BCUT2D eigenvalue weighted by atomic mass is 32.2. The largest absolute Gasteiger partial charge is 0.477 e. The third kappa shape index (κ3) is 2.90. The van der Waals surface area contributed by atoms with Crippen LogP contribution in [-0.4, -0.2) is 55.0 Å². The molecule has 0 saturated carbocycles. The van der Waals surface area contributed by atoms with Crippen molar-refractivity contribution >= 4 is 46.0 Å². The van der Waals surface area contributed by atoms with Gasteiger partial charge >= 0.3 is 5.97 Å². The lowest BCUT2D eigenvalue weighted by molar-refractivity contribution is -0.151. The van der Waals surface area contributed by atoms with Crippen LogP contribution in [0.15, 0.2) is 29.3 Å². The van der Waals surface area contributed by atoms with E-state index in [4.69, 9.17) is 5.73 Å². The maximum Gasteiger partial charge on any atom is 0.352 e. The van der Waals surface area contributed by atoms with E-state index in [1.807, 2.05) is 0 Å². The Kier molecular flexibility index (Phi) is 4.54. The van der Waals surface area contributed by atoms with Gasteiger partial charge in [-0.2, -0.15) is 0 Å². The number of thioether (sulfide) groups is 1. The Balaban J connectivity index is 1.73. The van der Waals surface area contributed by atoms with Crippen LogP contribution in [0.5, 0.6) is 0 Å². The van der Waals surface area contributed by atoms with Crippen molar-refractivity contribution in [3.8, 4) is 0 Å². The molecular formula is C14H14N4O5S2. The zero-order chi connectivity index (χ0) is 18.3. The van der Waals surface area contributed by atoms with Crippen molar-refractivity contribution in [1.82, 2.24) is 15.2 Å². The van der Waals surface area contributed by atoms with Crippen molar-refractivity contribution in [1.29, 1.82) is 0 Å². The number of thiazole rings is 1. The van der Waals surface area contributed by atoms with E-state index in [-0.39, 0.29) is 16.5 Å². The summed E-state index contributed by atoms with van der Waals surface area (Å²) in [6, 6.07) is -0.913. The van der Waals surface area contributed by atoms with Gasteiger partial charge in [0.2, 0.25) is 0 Å². The Labute approximate surface area is 150 Å². The van der Waals surface area contributed by atoms with Crippen LogP contribution in [0.2, 0.25) is 0 Å². The third-order valence-electron chi connectivity index (χ3n) is 3.81. The summed E-state index contributed by atoms with van der Waals surface area (Å²) in [6.45, 7) is 3.56. The lowest BCUT2D eigenvalue weighted by atomic mass is 10.0. The summed E-state index contributed by atoms with van der Waals surface area (Å²) < 4.78 is 0. The van der Waals surface area contributed by atoms with Gasteiger partial charge < -0.3 is 21.3 Å². The minimum Gasteiger partial charge on any atom is -0.477 e. The van der Waals surface area contributed by atoms with Crippen LogP contribution < -0.4 is 11.1 Å². The van der Waals surface area contributed by atoms with Crippen molar-refractivity contribution in [2.75, 3.05) is 11.5 Å². The smallest absolute Gasteiger partial charge is 0.352 e. The zero-order valence-electron chi connectivity index (χ0n) is 12.7. The summed E-state index contributed by atoms with van der Waals surface area (Å²) in [5.74, 6) is -2.21. The van der Waals surface area contributed by atoms with E-state index >= 15 is 0 Å². The number of anilines is 1. The molecule has 1 aromatic heterocycles. The fraction of sp³-hybridized carbons (Fsp3) is 0.286. The summed E-state index contributed by atoms with van der Waals surface area (Å²) in [4.78, 5) is 40.9. The topological polar surface area (TPSA) is 146 Å². The van der Waals surface area contributed by atoms with Crippen LogP contribution in [0.3, 0.4) is 0 Å². The van der Waals surface area contributed by atoms with Crippen molar-refractivity contribution in [2.24, 2.45) is 0 Å². The molecule has 2 unspecified atom stereocenters. The van der Waals surface area contributed by atoms with E-state index in [0.29, 0.717) is 11.3 Å². The first-order valence-electron chi connectivity index (χ1n) is 7.08. The first-order valence-corrected chi connectivity index (χ1v) is 9.01. The third-order valence-corrected chi connectivity index (χ3v) is 5.81.